The quantitative estimate of drug-likeness (QED) is 0.665. The van der Waals surface area contributed by atoms with Crippen LogP contribution in [0.15, 0.2) is 12.1 Å². The molecule has 1 rings (SSSR count). The predicted molar refractivity (Wildman–Crippen MR) is 77.1 cm³/mol. The van der Waals surface area contributed by atoms with E-state index in [4.69, 9.17) is 32.7 Å². The summed E-state index contributed by atoms with van der Waals surface area (Å²) in [5.74, 6) is 2.20. The highest BCUT2D eigenvalue weighted by molar-refractivity contribution is 6.32. The first-order valence-corrected chi connectivity index (χ1v) is 7.12. The third-order valence-corrected chi connectivity index (χ3v) is 3.65. The Labute approximate surface area is 119 Å². The predicted octanol–water partition coefficient (Wildman–Crippen LogP) is 4.90. The van der Waals surface area contributed by atoms with Crippen molar-refractivity contribution in [1.82, 2.24) is 0 Å². The molecule has 0 saturated heterocycles. The third kappa shape index (κ3) is 3.96. The number of hydrogen-bond donors (Lipinski definition) is 0. The average Bonchev–Trinajstić information content (AvgIpc) is 2.40. The van der Waals surface area contributed by atoms with Crippen LogP contribution in [0.2, 0.25) is 5.02 Å². The van der Waals surface area contributed by atoms with Crippen molar-refractivity contribution in [3.8, 4) is 11.5 Å². The number of rotatable bonds is 7. The molecule has 0 atom stereocenters. The van der Waals surface area contributed by atoms with Crippen LogP contribution in [0, 0.1) is 5.92 Å². The van der Waals surface area contributed by atoms with Gasteiger partial charge in [0.1, 0.15) is 0 Å². The second-order valence-corrected chi connectivity index (χ2v) is 4.91. The lowest BCUT2D eigenvalue weighted by Gasteiger charge is -2.17. The van der Waals surface area contributed by atoms with Crippen LogP contribution in [0.5, 0.6) is 11.5 Å². The van der Waals surface area contributed by atoms with E-state index in [2.05, 4.69) is 13.8 Å². The van der Waals surface area contributed by atoms with E-state index in [1.165, 1.54) is 0 Å². The van der Waals surface area contributed by atoms with Crippen LogP contribution < -0.4 is 9.47 Å². The Morgan fingerprint density at radius 3 is 2.39 bits per heavy atom. The van der Waals surface area contributed by atoms with Crippen molar-refractivity contribution in [2.45, 2.75) is 32.6 Å². The first kappa shape index (κ1) is 15.5. The van der Waals surface area contributed by atoms with Gasteiger partial charge in [0.15, 0.2) is 11.5 Å². The monoisotopic (exact) mass is 290 g/mol. The Morgan fingerprint density at radius 1 is 1.22 bits per heavy atom. The van der Waals surface area contributed by atoms with Gasteiger partial charge in [-0.1, -0.05) is 38.3 Å². The molecule has 0 aliphatic carbocycles. The molecule has 0 aliphatic rings. The summed E-state index contributed by atoms with van der Waals surface area (Å²) in [4.78, 5) is 0. The highest BCUT2D eigenvalue weighted by atomic mass is 35.5. The van der Waals surface area contributed by atoms with Gasteiger partial charge < -0.3 is 9.47 Å². The number of alkyl halides is 1. The molecular weight excluding hydrogens is 271 g/mol. The largest absolute Gasteiger partial charge is 0.493 e. The molecule has 0 spiro atoms. The van der Waals surface area contributed by atoms with E-state index in [1.54, 1.807) is 7.11 Å². The molecule has 0 radical (unpaired) electrons. The van der Waals surface area contributed by atoms with Gasteiger partial charge in [-0.2, -0.15) is 0 Å². The molecule has 102 valence electrons. The van der Waals surface area contributed by atoms with Crippen molar-refractivity contribution >= 4 is 23.2 Å². The molecular formula is C14H20Cl2O2. The van der Waals surface area contributed by atoms with Crippen LogP contribution in [-0.2, 0) is 5.88 Å². The van der Waals surface area contributed by atoms with Crippen molar-refractivity contribution in [3.63, 3.8) is 0 Å². The van der Waals surface area contributed by atoms with E-state index in [-0.39, 0.29) is 0 Å². The maximum Gasteiger partial charge on any atom is 0.179 e. The minimum atomic E-state index is 0.406. The summed E-state index contributed by atoms with van der Waals surface area (Å²) >= 11 is 12.0. The number of ether oxygens (including phenoxy) is 2. The van der Waals surface area contributed by atoms with Crippen molar-refractivity contribution in [1.29, 1.82) is 0 Å². The molecule has 0 bridgehead atoms. The second kappa shape index (κ2) is 7.75. The number of benzene rings is 1. The normalized spacial score (nSPS) is 10.8. The van der Waals surface area contributed by atoms with Gasteiger partial charge in [-0.05, 0) is 23.6 Å². The summed E-state index contributed by atoms with van der Waals surface area (Å²) in [6, 6.07) is 3.68. The Morgan fingerprint density at radius 2 is 1.89 bits per heavy atom. The fourth-order valence-electron chi connectivity index (χ4n) is 1.72. The molecule has 2 nitrogen and oxygen atoms in total. The molecule has 1 aromatic carbocycles. The van der Waals surface area contributed by atoms with Gasteiger partial charge in [-0.25, -0.2) is 0 Å². The molecule has 0 aromatic heterocycles. The van der Waals surface area contributed by atoms with Gasteiger partial charge >= 0.3 is 0 Å². The number of hydrogen-bond acceptors (Lipinski definition) is 2. The van der Waals surface area contributed by atoms with Crippen LogP contribution in [0.1, 0.15) is 32.3 Å². The van der Waals surface area contributed by atoms with E-state index in [9.17, 15) is 0 Å². The van der Waals surface area contributed by atoms with Gasteiger partial charge in [-0.15, -0.1) is 11.6 Å². The van der Waals surface area contributed by atoms with Gasteiger partial charge in [0.05, 0.1) is 18.7 Å². The van der Waals surface area contributed by atoms with E-state index in [0.717, 1.165) is 18.4 Å². The first-order valence-electron chi connectivity index (χ1n) is 6.21. The summed E-state index contributed by atoms with van der Waals surface area (Å²) < 4.78 is 11.1. The fourth-order valence-corrected chi connectivity index (χ4v) is 2.16. The molecule has 0 amide bonds. The SMILES string of the molecule is CCC(CC)COc1c(Cl)cc(CCl)cc1OC. The molecule has 0 N–H and O–H groups in total. The molecule has 0 heterocycles. The summed E-state index contributed by atoms with van der Waals surface area (Å²) in [5.41, 5.74) is 0.924. The Kier molecular flexibility index (Phi) is 6.66. The molecule has 4 heteroatoms. The molecule has 1 aromatic rings. The fraction of sp³-hybridized carbons (Fsp3) is 0.571. The van der Waals surface area contributed by atoms with Crippen LogP contribution >= 0.6 is 23.2 Å². The lowest BCUT2D eigenvalue weighted by Crippen LogP contribution is -2.11. The zero-order valence-corrected chi connectivity index (χ0v) is 12.6. The van der Waals surface area contributed by atoms with Gasteiger partial charge in [0.25, 0.3) is 0 Å². The second-order valence-electron chi connectivity index (χ2n) is 4.24. The lowest BCUT2D eigenvalue weighted by atomic mass is 10.1. The van der Waals surface area contributed by atoms with E-state index in [1.807, 2.05) is 12.1 Å². The van der Waals surface area contributed by atoms with E-state index < -0.39 is 0 Å². The summed E-state index contributed by atoms with van der Waals surface area (Å²) in [6.45, 7) is 4.98. The maximum absolute atomic E-state index is 6.20. The topological polar surface area (TPSA) is 18.5 Å². The van der Waals surface area contributed by atoms with Crippen molar-refractivity contribution in [2.75, 3.05) is 13.7 Å². The van der Waals surface area contributed by atoms with Crippen molar-refractivity contribution in [3.05, 3.63) is 22.7 Å². The van der Waals surface area contributed by atoms with Crippen molar-refractivity contribution in [2.24, 2.45) is 5.92 Å². The van der Waals surface area contributed by atoms with Gasteiger partial charge in [-0.3, -0.25) is 0 Å². The van der Waals surface area contributed by atoms with Crippen molar-refractivity contribution < 1.29 is 9.47 Å². The average molecular weight is 291 g/mol. The molecule has 0 unspecified atom stereocenters. The Hall–Kier alpha value is -0.600. The summed E-state index contributed by atoms with van der Waals surface area (Å²) in [5, 5.41) is 0.552. The van der Waals surface area contributed by atoms with Crippen LogP contribution in [0.25, 0.3) is 0 Å². The highest BCUT2D eigenvalue weighted by Gasteiger charge is 2.13. The van der Waals surface area contributed by atoms with Crippen LogP contribution in [0.3, 0.4) is 0 Å². The third-order valence-electron chi connectivity index (χ3n) is 3.06. The Balaban J connectivity index is 2.87. The summed E-state index contributed by atoms with van der Waals surface area (Å²) in [6.07, 6.45) is 2.19. The molecule has 0 aliphatic heterocycles. The van der Waals surface area contributed by atoms with Crippen LogP contribution in [-0.4, -0.2) is 13.7 Å². The van der Waals surface area contributed by atoms with Gasteiger partial charge in [0.2, 0.25) is 0 Å². The molecule has 18 heavy (non-hydrogen) atoms. The number of halogens is 2. The molecule has 0 saturated carbocycles. The maximum atomic E-state index is 6.20. The minimum absolute atomic E-state index is 0.406. The van der Waals surface area contributed by atoms with Crippen LogP contribution in [0.4, 0.5) is 0 Å². The minimum Gasteiger partial charge on any atom is -0.493 e. The smallest absolute Gasteiger partial charge is 0.179 e. The Bertz CT molecular complexity index is 376. The van der Waals surface area contributed by atoms with E-state index >= 15 is 0 Å². The zero-order valence-electron chi connectivity index (χ0n) is 11.1. The molecule has 0 fully saturated rings. The van der Waals surface area contributed by atoms with E-state index in [0.29, 0.717) is 34.9 Å². The first-order chi connectivity index (χ1) is 8.65. The zero-order chi connectivity index (χ0) is 13.5. The van der Waals surface area contributed by atoms with Gasteiger partial charge in [0, 0.05) is 5.88 Å². The summed E-state index contributed by atoms with van der Waals surface area (Å²) in [7, 11) is 1.60. The lowest BCUT2D eigenvalue weighted by molar-refractivity contribution is 0.231. The standard InChI is InChI=1S/C14H20Cl2O2/c1-4-10(5-2)9-18-14-12(16)6-11(8-15)7-13(14)17-3/h6-7,10H,4-5,8-9H2,1-3H3. The highest BCUT2D eigenvalue weighted by Crippen LogP contribution is 2.37. The number of methoxy groups -OCH3 is 1.